The number of ether oxygens (including phenoxy) is 1. The summed E-state index contributed by atoms with van der Waals surface area (Å²) in [5.41, 5.74) is 1.70. The predicted molar refractivity (Wildman–Crippen MR) is 84.3 cm³/mol. The van der Waals surface area contributed by atoms with Gasteiger partial charge in [-0.2, -0.15) is 0 Å². The Morgan fingerprint density at radius 3 is 2.88 bits per heavy atom. The van der Waals surface area contributed by atoms with Crippen molar-refractivity contribution in [2.45, 2.75) is 25.7 Å². The Bertz CT molecular complexity index is 649. The lowest BCUT2D eigenvalue weighted by atomic mass is 9.89. The van der Waals surface area contributed by atoms with E-state index in [9.17, 15) is 19.4 Å². The summed E-state index contributed by atoms with van der Waals surface area (Å²) >= 11 is 0. The minimum Gasteiger partial charge on any atom is -0.467 e. The lowest BCUT2D eigenvalue weighted by Gasteiger charge is -2.29. The fraction of sp³-hybridized carbons (Fsp3) is 0.467. The number of hydrogen-bond acceptors (Lipinski definition) is 7. The molecule has 1 N–H and O–H groups in total. The highest BCUT2D eigenvalue weighted by molar-refractivity contribution is 7.33. The van der Waals surface area contributed by atoms with E-state index in [0.717, 1.165) is 11.1 Å². The number of nitrogens with zero attached hydrogens (tertiary/aromatic N) is 1. The molecule has 24 heavy (non-hydrogen) atoms. The second kappa shape index (κ2) is 8.28. The van der Waals surface area contributed by atoms with E-state index in [1.807, 2.05) is 13.0 Å². The molecule has 0 aromatic heterocycles. The van der Waals surface area contributed by atoms with E-state index in [1.54, 1.807) is 12.1 Å². The quantitative estimate of drug-likeness (QED) is 0.472. The zero-order chi connectivity index (χ0) is 17.7. The number of methoxy groups -OCH3 is 1. The molecule has 132 valence electrons. The normalized spacial score (nSPS) is 19.0. The van der Waals surface area contributed by atoms with Crippen LogP contribution in [0, 0.1) is 6.92 Å². The summed E-state index contributed by atoms with van der Waals surface area (Å²) in [6.45, 7) is 1.58. The Morgan fingerprint density at radius 1 is 1.46 bits per heavy atom. The first kappa shape index (κ1) is 18.4. The van der Waals surface area contributed by atoms with E-state index in [1.165, 1.54) is 7.11 Å². The molecule has 2 unspecified atom stereocenters. The van der Waals surface area contributed by atoms with Gasteiger partial charge in [0.1, 0.15) is 5.75 Å². The average Bonchev–Trinajstić information content (AvgIpc) is 2.56. The van der Waals surface area contributed by atoms with Crippen molar-refractivity contribution in [1.82, 2.24) is 5.06 Å². The van der Waals surface area contributed by atoms with Crippen molar-refractivity contribution in [2.75, 3.05) is 20.3 Å². The van der Waals surface area contributed by atoms with Gasteiger partial charge in [0.25, 0.3) is 0 Å². The first-order valence-corrected chi connectivity index (χ1v) is 8.64. The molecule has 0 saturated carbocycles. The molecule has 1 aliphatic rings. The Balaban J connectivity index is 2.11. The molecule has 2 atom stereocenters. The van der Waals surface area contributed by atoms with Crippen molar-refractivity contribution < 1.29 is 33.1 Å². The minimum absolute atomic E-state index is 0.141. The topological polar surface area (TPSA) is 102 Å². The maximum absolute atomic E-state index is 11.9. The summed E-state index contributed by atoms with van der Waals surface area (Å²) in [7, 11) is -1.74. The molecule has 0 radical (unpaired) electrons. The van der Waals surface area contributed by atoms with Crippen molar-refractivity contribution in [3.63, 3.8) is 0 Å². The van der Waals surface area contributed by atoms with Crippen LogP contribution in [0.15, 0.2) is 18.2 Å². The summed E-state index contributed by atoms with van der Waals surface area (Å²) in [5, 5.41) is 10.3. The van der Waals surface area contributed by atoms with Gasteiger partial charge in [0.2, 0.25) is 5.91 Å². The third-order valence-corrected chi connectivity index (χ3v) is 4.49. The molecular weight excluding hydrogens is 337 g/mol. The number of hydrogen-bond donors (Lipinski definition) is 1. The summed E-state index contributed by atoms with van der Waals surface area (Å²) in [6, 6.07) is 5.31. The number of piperidine rings is 1. The third-order valence-electron chi connectivity index (χ3n) is 3.72. The van der Waals surface area contributed by atoms with E-state index < -0.39 is 20.8 Å². The van der Waals surface area contributed by atoms with E-state index in [4.69, 9.17) is 9.05 Å². The SMILES string of the molecule is COC(=O)CO[PH](=O)Oc1ccc(C)cc1C1CCC(=O)N(O)C1. The first-order chi connectivity index (χ1) is 11.4. The van der Waals surface area contributed by atoms with Crippen LogP contribution in [0.2, 0.25) is 0 Å². The number of aryl methyl sites for hydroxylation is 1. The monoisotopic (exact) mass is 357 g/mol. The van der Waals surface area contributed by atoms with Gasteiger partial charge in [-0.25, -0.2) is 14.4 Å². The van der Waals surface area contributed by atoms with Crippen LogP contribution in [0.25, 0.3) is 0 Å². The second-order valence-electron chi connectivity index (χ2n) is 5.47. The van der Waals surface area contributed by atoms with Gasteiger partial charge in [-0.3, -0.25) is 14.5 Å². The zero-order valence-electron chi connectivity index (χ0n) is 13.5. The highest BCUT2D eigenvalue weighted by Gasteiger charge is 2.28. The maximum atomic E-state index is 11.9. The molecule has 2 rings (SSSR count). The van der Waals surface area contributed by atoms with Crippen LogP contribution >= 0.6 is 8.25 Å². The van der Waals surface area contributed by atoms with Gasteiger partial charge in [-0.05, 0) is 25.0 Å². The molecule has 1 aromatic carbocycles. The Kier molecular flexibility index (Phi) is 6.36. The van der Waals surface area contributed by atoms with E-state index in [0.29, 0.717) is 17.2 Å². The van der Waals surface area contributed by atoms with Gasteiger partial charge >= 0.3 is 14.2 Å². The summed E-state index contributed by atoms with van der Waals surface area (Å²) in [4.78, 5) is 22.4. The maximum Gasteiger partial charge on any atom is 0.368 e. The second-order valence-corrected chi connectivity index (χ2v) is 6.46. The lowest BCUT2D eigenvalue weighted by Crippen LogP contribution is -2.36. The standard InChI is InChI=1S/C15H20NO7P/c1-10-3-5-13(23-24(20)22-9-15(18)21-2)12(7-10)11-4-6-14(17)16(19)8-11/h3,5,7,11,19,24H,4,6,8-9H2,1-2H3. The van der Waals surface area contributed by atoms with Crippen LogP contribution in [0.3, 0.4) is 0 Å². The van der Waals surface area contributed by atoms with Crippen molar-refractivity contribution in [3.05, 3.63) is 29.3 Å². The Labute approximate surface area is 140 Å². The molecule has 1 heterocycles. The van der Waals surface area contributed by atoms with Crippen molar-refractivity contribution in [2.24, 2.45) is 0 Å². The fourth-order valence-corrected chi connectivity index (χ4v) is 3.12. The molecular formula is C15H20NO7P. The van der Waals surface area contributed by atoms with Crippen LogP contribution in [0.4, 0.5) is 0 Å². The predicted octanol–water partition coefficient (Wildman–Crippen LogP) is 2.05. The van der Waals surface area contributed by atoms with E-state index in [2.05, 4.69) is 4.74 Å². The molecule has 0 aliphatic carbocycles. The highest BCUT2D eigenvalue weighted by Crippen LogP contribution is 2.38. The number of esters is 1. The molecule has 0 spiro atoms. The van der Waals surface area contributed by atoms with Gasteiger partial charge in [0.05, 0.1) is 13.7 Å². The van der Waals surface area contributed by atoms with Crippen molar-refractivity contribution in [3.8, 4) is 5.75 Å². The summed E-state index contributed by atoms with van der Waals surface area (Å²) < 4.78 is 26.5. The van der Waals surface area contributed by atoms with E-state index in [-0.39, 0.29) is 24.8 Å². The van der Waals surface area contributed by atoms with Crippen LogP contribution < -0.4 is 4.52 Å². The third kappa shape index (κ3) is 4.80. The molecule has 1 saturated heterocycles. The van der Waals surface area contributed by atoms with Crippen molar-refractivity contribution in [1.29, 1.82) is 0 Å². The van der Waals surface area contributed by atoms with Crippen LogP contribution in [0.5, 0.6) is 5.75 Å². The molecule has 8 nitrogen and oxygen atoms in total. The van der Waals surface area contributed by atoms with Gasteiger partial charge in [0.15, 0.2) is 6.61 Å². The first-order valence-electron chi connectivity index (χ1n) is 7.42. The lowest BCUT2D eigenvalue weighted by molar-refractivity contribution is -0.171. The van der Waals surface area contributed by atoms with Crippen molar-refractivity contribution >= 4 is 20.1 Å². The Hall–Kier alpha value is -1.89. The van der Waals surface area contributed by atoms with Gasteiger partial charge < -0.3 is 9.26 Å². The summed E-state index contributed by atoms with van der Waals surface area (Å²) in [6.07, 6.45) is 0.780. The van der Waals surface area contributed by atoms with Crippen LogP contribution in [0.1, 0.15) is 29.9 Å². The number of amides is 1. The number of carbonyl (C=O) groups excluding carboxylic acids is 2. The number of rotatable bonds is 6. The highest BCUT2D eigenvalue weighted by atomic mass is 31.1. The summed E-state index contributed by atoms with van der Waals surface area (Å²) in [5.74, 6) is -0.765. The number of benzene rings is 1. The number of hydroxylamine groups is 2. The Morgan fingerprint density at radius 2 is 2.21 bits per heavy atom. The van der Waals surface area contributed by atoms with E-state index >= 15 is 0 Å². The molecule has 0 bridgehead atoms. The molecule has 1 aliphatic heterocycles. The van der Waals surface area contributed by atoms with Gasteiger partial charge in [-0.15, -0.1) is 0 Å². The zero-order valence-corrected chi connectivity index (χ0v) is 14.5. The molecule has 1 aromatic rings. The van der Waals surface area contributed by atoms with Gasteiger partial charge in [0, 0.05) is 12.3 Å². The number of carbonyl (C=O) groups is 2. The molecule has 1 amide bonds. The fourth-order valence-electron chi connectivity index (χ4n) is 2.46. The largest absolute Gasteiger partial charge is 0.467 e. The van der Waals surface area contributed by atoms with Crippen LogP contribution in [-0.4, -0.2) is 42.4 Å². The molecule has 9 heteroatoms. The smallest absolute Gasteiger partial charge is 0.368 e. The van der Waals surface area contributed by atoms with Gasteiger partial charge in [-0.1, -0.05) is 17.7 Å². The molecule has 1 fully saturated rings. The van der Waals surface area contributed by atoms with Crippen LogP contribution in [-0.2, 0) is 23.4 Å². The minimum atomic E-state index is -2.94. The average molecular weight is 357 g/mol.